The van der Waals surface area contributed by atoms with E-state index in [9.17, 15) is 4.79 Å². The topological polar surface area (TPSA) is 38.8 Å². The van der Waals surface area contributed by atoms with Crippen LogP contribution in [0.25, 0.3) is 0 Å². The summed E-state index contributed by atoms with van der Waals surface area (Å²) in [5.74, 6) is 1.11. The van der Waals surface area contributed by atoms with E-state index >= 15 is 0 Å². The minimum Gasteiger partial charge on any atom is -0.340 e. The van der Waals surface area contributed by atoms with Crippen LogP contribution in [-0.2, 0) is 11.3 Å². The number of carbonyl (C=O) groups excluding carboxylic acids is 1. The summed E-state index contributed by atoms with van der Waals surface area (Å²) < 4.78 is 0. The maximum absolute atomic E-state index is 12.3. The molecule has 0 aromatic heterocycles. The van der Waals surface area contributed by atoms with Crippen molar-refractivity contribution < 1.29 is 4.79 Å². The second-order valence-electron chi connectivity index (χ2n) is 7.85. The van der Waals surface area contributed by atoms with Gasteiger partial charge in [-0.2, -0.15) is 0 Å². The number of hydrogen-bond donors (Lipinski definition) is 1. The minimum absolute atomic E-state index is 0. The highest BCUT2D eigenvalue weighted by molar-refractivity contribution is 5.85. The van der Waals surface area contributed by atoms with Crippen molar-refractivity contribution in [2.75, 3.05) is 59.4 Å². The Morgan fingerprint density at radius 2 is 1.71 bits per heavy atom. The quantitative estimate of drug-likeness (QED) is 0.720. The van der Waals surface area contributed by atoms with E-state index < -0.39 is 0 Å². The van der Waals surface area contributed by atoms with Crippen molar-refractivity contribution in [2.24, 2.45) is 5.92 Å². The van der Waals surface area contributed by atoms with Crippen LogP contribution in [0.4, 0.5) is 0 Å². The standard InChI is InChI=1S/C21H34N4O.2ClH/c1-23(17-19-5-3-2-4-6-19)18-20-7-12-24(13-8-20)14-9-21(26)25-15-10-22-11-16-25;;/h2-6,20,22H,7-18H2,1H3;2*1H. The van der Waals surface area contributed by atoms with Crippen LogP contribution < -0.4 is 5.32 Å². The molecule has 0 unspecified atom stereocenters. The summed E-state index contributed by atoms with van der Waals surface area (Å²) in [6, 6.07) is 10.7. The van der Waals surface area contributed by atoms with E-state index in [0.29, 0.717) is 12.3 Å². The molecule has 0 spiro atoms. The van der Waals surface area contributed by atoms with Crippen LogP contribution in [0.15, 0.2) is 30.3 Å². The first-order chi connectivity index (χ1) is 12.7. The van der Waals surface area contributed by atoms with E-state index in [4.69, 9.17) is 0 Å². The first kappa shape index (κ1) is 25.2. The molecule has 1 N–H and O–H groups in total. The minimum atomic E-state index is 0. The summed E-state index contributed by atoms with van der Waals surface area (Å²) >= 11 is 0. The van der Waals surface area contributed by atoms with Crippen molar-refractivity contribution in [3.63, 3.8) is 0 Å². The zero-order chi connectivity index (χ0) is 18.2. The zero-order valence-corrected chi connectivity index (χ0v) is 18.6. The molecule has 0 saturated carbocycles. The van der Waals surface area contributed by atoms with Crippen LogP contribution in [0.2, 0.25) is 0 Å². The van der Waals surface area contributed by atoms with E-state index in [-0.39, 0.29) is 24.8 Å². The van der Waals surface area contributed by atoms with Crippen molar-refractivity contribution in [3.8, 4) is 0 Å². The highest BCUT2D eigenvalue weighted by atomic mass is 35.5. The van der Waals surface area contributed by atoms with Gasteiger partial charge in [-0.1, -0.05) is 30.3 Å². The molecule has 1 amide bonds. The lowest BCUT2D eigenvalue weighted by molar-refractivity contribution is -0.132. The molecule has 5 nitrogen and oxygen atoms in total. The highest BCUT2D eigenvalue weighted by Gasteiger charge is 2.22. The third-order valence-electron chi connectivity index (χ3n) is 5.68. The molecule has 1 aromatic rings. The van der Waals surface area contributed by atoms with Gasteiger partial charge in [0.25, 0.3) is 0 Å². The number of nitrogens with zero attached hydrogens (tertiary/aromatic N) is 3. The van der Waals surface area contributed by atoms with Crippen molar-refractivity contribution in [1.29, 1.82) is 0 Å². The predicted molar refractivity (Wildman–Crippen MR) is 121 cm³/mol. The molecule has 160 valence electrons. The number of nitrogens with one attached hydrogen (secondary N) is 1. The third kappa shape index (κ3) is 8.26. The average Bonchev–Trinajstić information content (AvgIpc) is 2.68. The molecular formula is C21H36Cl2N4O. The van der Waals surface area contributed by atoms with Crippen molar-refractivity contribution in [2.45, 2.75) is 25.8 Å². The van der Waals surface area contributed by atoms with Gasteiger partial charge in [-0.15, -0.1) is 24.8 Å². The van der Waals surface area contributed by atoms with Crippen LogP contribution in [0.5, 0.6) is 0 Å². The van der Waals surface area contributed by atoms with Gasteiger partial charge in [0.1, 0.15) is 0 Å². The SMILES string of the molecule is CN(Cc1ccccc1)CC1CCN(CCC(=O)N2CCNCC2)CC1.Cl.Cl. The number of halogens is 2. The van der Waals surface area contributed by atoms with Gasteiger partial charge in [-0.05, 0) is 44.5 Å². The Labute approximate surface area is 182 Å². The monoisotopic (exact) mass is 430 g/mol. The van der Waals surface area contributed by atoms with Gasteiger partial charge in [-0.25, -0.2) is 0 Å². The normalized spacial score (nSPS) is 18.4. The Morgan fingerprint density at radius 1 is 1.07 bits per heavy atom. The molecule has 2 aliphatic rings. The first-order valence-corrected chi connectivity index (χ1v) is 10.1. The molecule has 3 rings (SSSR count). The fourth-order valence-corrected chi connectivity index (χ4v) is 4.12. The van der Waals surface area contributed by atoms with Crippen LogP contribution >= 0.6 is 24.8 Å². The molecule has 2 heterocycles. The summed E-state index contributed by atoms with van der Waals surface area (Å²) in [4.78, 5) is 19.2. The number of piperazine rings is 1. The van der Waals surface area contributed by atoms with Gasteiger partial charge < -0.3 is 20.0 Å². The lowest BCUT2D eigenvalue weighted by Crippen LogP contribution is -2.47. The van der Waals surface area contributed by atoms with Gasteiger partial charge in [0, 0.05) is 52.2 Å². The molecular weight excluding hydrogens is 395 g/mol. The number of carbonyl (C=O) groups is 1. The fraction of sp³-hybridized carbons (Fsp3) is 0.667. The number of rotatable bonds is 7. The Bertz CT molecular complexity index is 547. The van der Waals surface area contributed by atoms with Gasteiger partial charge >= 0.3 is 0 Å². The molecule has 0 atom stereocenters. The Kier molecular flexibility index (Phi) is 12.0. The Morgan fingerprint density at radius 3 is 2.36 bits per heavy atom. The largest absolute Gasteiger partial charge is 0.340 e. The average molecular weight is 431 g/mol. The number of amides is 1. The van der Waals surface area contributed by atoms with Crippen LogP contribution in [0, 0.1) is 5.92 Å². The third-order valence-corrected chi connectivity index (χ3v) is 5.68. The smallest absolute Gasteiger partial charge is 0.223 e. The van der Waals surface area contributed by atoms with Gasteiger partial charge in [-0.3, -0.25) is 4.79 Å². The summed E-state index contributed by atoms with van der Waals surface area (Å²) in [7, 11) is 2.23. The molecule has 2 saturated heterocycles. The van der Waals surface area contributed by atoms with Crippen molar-refractivity contribution >= 4 is 30.7 Å². The van der Waals surface area contributed by atoms with Gasteiger partial charge in [0.15, 0.2) is 0 Å². The second kappa shape index (κ2) is 13.4. The van der Waals surface area contributed by atoms with Crippen LogP contribution in [-0.4, -0.2) is 80.0 Å². The molecule has 2 aliphatic heterocycles. The van der Waals surface area contributed by atoms with Crippen molar-refractivity contribution in [3.05, 3.63) is 35.9 Å². The number of piperidine rings is 1. The van der Waals surface area contributed by atoms with E-state index in [1.165, 1.54) is 24.9 Å². The summed E-state index contributed by atoms with van der Waals surface area (Å²) in [6.45, 7) is 9.01. The number of hydrogen-bond acceptors (Lipinski definition) is 4. The molecule has 1 aromatic carbocycles. The van der Waals surface area contributed by atoms with Crippen molar-refractivity contribution in [1.82, 2.24) is 20.0 Å². The van der Waals surface area contributed by atoms with E-state index in [1.807, 2.05) is 4.90 Å². The number of likely N-dealkylation sites (tertiary alicyclic amines) is 1. The zero-order valence-electron chi connectivity index (χ0n) is 17.0. The number of benzene rings is 1. The molecule has 0 bridgehead atoms. The summed E-state index contributed by atoms with van der Waals surface area (Å²) in [5, 5.41) is 3.30. The summed E-state index contributed by atoms with van der Waals surface area (Å²) in [6.07, 6.45) is 3.18. The van der Waals surface area contributed by atoms with E-state index in [1.54, 1.807) is 0 Å². The van der Waals surface area contributed by atoms with E-state index in [0.717, 1.165) is 58.3 Å². The second-order valence-corrected chi connectivity index (χ2v) is 7.85. The molecule has 2 fully saturated rings. The fourth-order valence-electron chi connectivity index (χ4n) is 4.12. The molecule has 28 heavy (non-hydrogen) atoms. The Hall–Kier alpha value is -0.850. The summed E-state index contributed by atoms with van der Waals surface area (Å²) in [5.41, 5.74) is 1.39. The van der Waals surface area contributed by atoms with Gasteiger partial charge in [0.05, 0.1) is 0 Å². The maximum Gasteiger partial charge on any atom is 0.223 e. The molecule has 7 heteroatoms. The molecule has 0 aliphatic carbocycles. The van der Waals surface area contributed by atoms with E-state index in [2.05, 4.69) is 52.5 Å². The molecule has 0 radical (unpaired) electrons. The predicted octanol–water partition coefficient (Wildman–Crippen LogP) is 2.50. The lowest BCUT2D eigenvalue weighted by atomic mass is 9.96. The van der Waals surface area contributed by atoms with Crippen LogP contribution in [0.1, 0.15) is 24.8 Å². The lowest BCUT2D eigenvalue weighted by Gasteiger charge is -2.34. The highest BCUT2D eigenvalue weighted by Crippen LogP contribution is 2.19. The van der Waals surface area contributed by atoms with Crippen LogP contribution in [0.3, 0.4) is 0 Å². The first-order valence-electron chi connectivity index (χ1n) is 10.1. The Balaban J connectivity index is 0.00000196. The van der Waals surface area contributed by atoms with Gasteiger partial charge in [0.2, 0.25) is 5.91 Å². The maximum atomic E-state index is 12.3.